The lowest BCUT2D eigenvalue weighted by molar-refractivity contribution is 0.0946. The molecule has 0 aliphatic heterocycles. The summed E-state index contributed by atoms with van der Waals surface area (Å²) in [6.07, 6.45) is 0.871. The molecule has 0 saturated carbocycles. The fourth-order valence-electron chi connectivity index (χ4n) is 1.97. The van der Waals surface area contributed by atoms with E-state index in [-0.39, 0.29) is 5.91 Å². The van der Waals surface area contributed by atoms with Crippen molar-refractivity contribution in [3.63, 3.8) is 0 Å². The van der Waals surface area contributed by atoms with Crippen LogP contribution in [-0.2, 0) is 0 Å². The van der Waals surface area contributed by atoms with E-state index >= 15 is 0 Å². The van der Waals surface area contributed by atoms with Crippen LogP contribution in [0.4, 0.5) is 0 Å². The van der Waals surface area contributed by atoms with E-state index in [1.807, 2.05) is 6.92 Å². The highest BCUT2D eigenvalue weighted by Gasteiger charge is 2.17. The predicted molar refractivity (Wildman–Crippen MR) is 81.3 cm³/mol. The number of hydrogen-bond donors (Lipinski definition) is 2. The summed E-state index contributed by atoms with van der Waals surface area (Å²) in [7, 11) is 4.55. The van der Waals surface area contributed by atoms with Crippen LogP contribution in [0.15, 0.2) is 12.1 Å². The molecule has 21 heavy (non-hydrogen) atoms. The van der Waals surface area contributed by atoms with Gasteiger partial charge in [-0.3, -0.25) is 4.79 Å². The average Bonchev–Trinajstić information content (AvgIpc) is 2.51. The Morgan fingerprint density at radius 1 is 1.19 bits per heavy atom. The number of rotatable bonds is 8. The van der Waals surface area contributed by atoms with Crippen molar-refractivity contribution in [2.75, 3.05) is 34.4 Å². The van der Waals surface area contributed by atoms with Crippen LogP contribution < -0.4 is 25.3 Å². The number of carbonyl (C=O) groups excluding carboxylic acids is 1. The second kappa shape index (κ2) is 8.36. The van der Waals surface area contributed by atoms with E-state index in [0.29, 0.717) is 41.8 Å². The third-order valence-corrected chi connectivity index (χ3v) is 3.20. The van der Waals surface area contributed by atoms with Gasteiger partial charge in [0.1, 0.15) is 0 Å². The van der Waals surface area contributed by atoms with Gasteiger partial charge in [0.15, 0.2) is 11.5 Å². The van der Waals surface area contributed by atoms with Crippen molar-refractivity contribution in [3.8, 4) is 17.2 Å². The Balaban J connectivity index is 2.89. The maximum atomic E-state index is 12.2. The summed E-state index contributed by atoms with van der Waals surface area (Å²) in [5.41, 5.74) is 5.96. The van der Waals surface area contributed by atoms with E-state index in [0.717, 1.165) is 6.42 Å². The molecule has 1 aromatic carbocycles. The van der Waals surface area contributed by atoms with Gasteiger partial charge in [-0.2, -0.15) is 0 Å². The topological polar surface area (TPSA) is 82.8 Å². The number of carbonyl (C=O) groups is 1. The highest BCUT2D eigenvalue weighted by molar-refractivity contribution is 5.95. The van der Waals surface area contributed by atoms with Gasteiger partial charge in [-0.15, -0.1) is 0 Å². The first-order valence-electron chi connectivity index (χ1n) is 6.85. The summed E-state index contributed by atoms with van der Waals surface area (Å²) in [6, 6.07) is 3.26. The smallest absolute Gasteiger partial charge is 0.251 e. The third kappa shape index (κ3) is 4.53. The van der Waals surface area contributed by atoms with Crippen molar-refractivity contribution in [1.29, 1.82) is 0 Å². The second-order valence-electron chi connectivity index (χ2n) is 4.81. The molecule has 0 fully saturated rings. The monoisotopic (exact) mass is 296 g/mol. The molecule has 1 aromatic rings. The van der Waals surface area contributed by atoms with Gasteiger partial charge in [-0.1, -0.05) is 6.92 Å². The highest BCUT2D eigenvalue weighted by Crippen LogP contribution is 2.38. The molecule has 1 atom stereocenters. The van der Waals surface area contributed by atoms with E-state index in [1.54, 1.807) is 12.1 Å². The SMILES string of the molecule is COc1cc(C(=O)NCC(C)CCN)cc(OC)c1OC. The van der Waals surface area contributed by atoms with Crippen LogP contribution in [0.5, 0.6) is 17.2 Å². The molecule has 0 aromatic heterocycles. The molecule has 6 heteroatoms. The van der Waals surface area contributed by atoms with Crippen molar-refractivity contribution < 1.29 is 19.0 Å². The summed E-state index contributed by atoms with van der Waals surface area (Å²) in [6.45, 7) is 3.23. The van der Waals surface area contributed by atoms with Crippen LogP contribution in [-0.4, -0.2) is 40.3 Å². The zero-order valence-electron chi connectivity index (χ0n) is 13.1. The first kappa shape index (κ1) is 17.1. The van der Waals surface area contributed by atoms with E-state index in [1.165, 1.54) is 21.3 Å². The maximum Gasteiger partial charge on any atom is 0.251 e. The van der Waals surface area contributed by atoms with E-state index in [2.05, 4.69) is 5.32 Å². The van der Waals surface area contributed by atoms with Gasteiger partial charge in [0.25, 0.3) is 5.91 Å². The molecule has 0 aliphatic carbocycles. The summed E-state index contributed by atoms with van der Waals surface area (Å²) < 4.78 is 15.7. The zero-order chi connectivity index (χ0) is 15.8. The third-order valence-electron chi connectivity index (χ3n) is 3.20. The van der Waals surface area contributed by atoms with Gasteiger partial charge in [0, 0.05) is 12.1 Å². The van der Waals surface area contributed by atoms with Crippen molar-refractivity contribution in [2.45, 2.75) is 13.3 Å². The Labute approximate surface area is 125 Å². The molecule has 0 spiro atoms. The summed E-state index contributed by atoms with van der Waals surface area (Å²) in [5, 5.41) is 2.88. The first-order chi connectivity index (χ1) is 10.1. The molecule has 1 rings (SSSR count). The van der Waals surface area contributed by atoms with E-state index < -0.39 is 0 Å². The van der Waals surface area contributed by atoms with Crippen molar-refractivity contribution >= 4 is 5.91 Å². The lowest BCUT2D eigenvalue weighted by Crippen LogP contribution is -2.29. The Kier molecular flexibility index (Phi) is 6.81. The van der Waals surface area contributed by atoms with Gasteiger partial charge in [-0.05, 0) is 31.0 Å². The number of nitrogens with two attached hydrogens (primary N) is 1. The molecular formula is C15H24N2O4. The van der Waals surface area contributed by atoms with Gasteiger partial charge >= 0.3 is 0 Å². The molecule has 6 nitrogen and oxygen atoms in total. The molecular weight excluding hydrogens is 272 g/mol. The molecule has 1 amide bonds. The molecule has 118 valence electrons. The molecule has 0 saturated heterocycles. The largest absolute Gasteiger partial charge is 0.493 e. The van der Waals surface area contributed by atoms with Crippen LogP contribution in [0.1, 0.15) is 23.7 Å². The molecule has 0 aliphatic rings. The minimum Gasteiger partial charge on any atom is -0.493 e. The van der Waals surface area contributed by atoms with Crippen LogP contribution in [0.2, 0.25) is 0 Å². The first-order valence-corrected chi connectivity index (χ1v) is 6.85. The highest BCUT2D eigenvalue weighted by atomic mass is 16.5. The number of nitrogens with one attached hydrogen (secondary N) is 1. The van der Waals surface area contributed by atoms with Crippen LogP contribution >= 0.6 is 0 Å². The number of methoxy groups -OCH3 is 3. The summed E-state index contributed by atoms with van der Waals surface area (Å²) >= 11 is 0. The fourth-order valence-corrected chi connectivity index (χ4v) is 1.97. The number of benzene rings is 1. The Morgan fingerprint density at radius 2 is 1.76 bits per heavy atom. The standard InChI is InChI=1S/C15H24N2O4/c1-10(5-6-16)9-17-15(18)11-7-12(19-2)14(21-4)13(8-11)20-3/h7-8,10H,5-6,9,16H2,1-4H3,(H,17,18). The number of amides is 1. The fraction of sp³-hybridized carbons (Fsp3) is 0.533. The van der Waals surface area contributed by atoms with E-state index in [4.69, 9.17) is 19.9 Å². The minimum absolute atomic E-state index is 0.182. The lowest BCUT2D eigenvalue weighted by Gasteiger charge is -2.15. The summed E-state index contributed by atoms with van der Waals surface area (Å²) in [5.74, 6) is 1.53. The predicted octanol–water partition coefficient (Wildman–Crippen LogP) is 1.43. The average molecular weight is 296 g/mol. The second-order valence-corrected chi connectivity index (χ2v) is 4.81. The minimum atomic E-state index is -0.182. The van der Waals surface area contributed by atoms with Crippen molar-refractivity contribution in [3.05, 3.63) is 17.7 Å². The molecule has 0 heterocycles. The van der Waals surface area contributed by atoms with Crippen LogP contribution in [0.3, 0.4) is 0 Å². The Hall–Kier alpha value is -1.95. The molecule has 1 unspecified atom stereocenters. The lowest BCUT2D eigenvalue weighted by atomic mass is 10.1. The molecule has 0 radical (unpaired) electrons. The van der Waals surface area contributed by atoms with Crippen LogP contribution in [0.25, 0.3) is 0 Å². The maximum absolute atomic E-state index is 12.2. The molecule has 3 N–H and O–H groups in total. The number of ether oxygens (including phenoxy) is 3. The quantitative estimate of drug-likeness (QED) is 0.758. The van der Waals surface area contributed by atoms with Gasteiger partial charge in [-0.25, -0.2) is 0 Å². The van der Waals surface area contributed by atoms with Crippen LogP contribution in [0, 0.1) is 5.92 Å². The number of hydrogen-bond acceptors (Lipinski definition) is 5. The Morgan fingerprint density at radius 3 is 2.19 bits per heavy atom. The van der Waals surface area contributed by atoms with Gasteiger partial charge in [0.05, 0.1) is 21.3 Å². The molecule has 0 bridgehead atoms. The van der Waals surface area contributed by atoms with Gasteiger partial charge in [0.2, 0.25) is 5.75 Å². The Bertz CT molecular complexity index is 452. The normalized spacial score (nSPS) is 11.7. The van der Waals surface area contributed by atoms with Crippen molar-refractivity contribution in [2.24, 2.45) is 11.7 Å². The van der Waals surface area contributed by atoms with Crippen molar-refractivity contribution in [1.82, 2.24) is 5.32 Å². The van der Waals surface area contributed by atoms with E-state index in [9.17, 15) is 4.79 Å². The summed E-state index contributed by atoms with van der Waals surface area (Å²) in [4.78, 5) is 12.2. The zero-order valence-corrected chi connectivity index (χ0v) is 13.1. The van der Waals surface area contributed by atoms with Gasteiger partial charge < -0.3 is 25.3 Å².